The molecule has 0 saturated heterocycles. The molecule has 84 valence electrons. The molecule has 0 aromatic heterocycles. The summed E-state index contributed by atoms with van der Waals surface area (Å²) in [6, 6.07) is 5.19. The number of rotatable bonds is 3. The number of hydrogen-bond donors (Lipinski definition) is 1. The van der Waals surface area contributed by atoms with Crippen molar-refractivity contribution < 1.29 is 13.2 Å². The largest absolute Gasteiger partial charge is 0.401 e. The summed E-state index contributed by atoms with van der Waals surface area (Å²) in [7, 11) is 0. The first-order chi connectivity index (χ1) is 6.90. The Balaban J connectivity index is 2.55. The Hall–Kier alpha value is -0.740. The smallest absolute Gasteiger partial charge is 0.305 e. The van der Waals surface area contributed by atoms with Crippen LogP contribution >= 0.6 is 11.6 Å². The average Bonchev–Trinajstić information content (AvgIpc) is 2.10. The van der Waals surface area contributed by atoms with Gasteiger partial charge in [0.1, 0.15) is 0 Å². The molecule has 0 heterocycles. The number of halogens is 4. The van der Waals surface area contributed by atoms with Crippen molar-refractivity contribution in [1.82, 2.24) is 5.32 Å². The Morgan fingerprint density at radius 2 is 2.00 bits per heavy atom. The second-order valence-electron chi connectivity index (χ2n) is 3.24. The SMILES string of the molecule is Cc1c(Cl)cccc1CNCC(F)(F)F. The lowest BCUT2D eigenvalue weighted by atomic mass is 10.1. The van der Waals surface area contributed by atoms with Crippen molar-refractivity contribution in [3.05, 3.63) is 34.3 Å². The molecule has 0 fully saturated rings. The highest BCUT2D eigenvalue weighted by atomic mass is 35.5. The second-order valence-corrected chi connectivity index (χ2v) is 3.65. The average molecular weight is 238 g/mol. The molecule has 0 bridgehead atoms. The molecule has 0 atom stereocenters. The minimum atomic E-state index is -4.17. The highest BCUT2D eigenvalue weighted by Gasteiger charge is 2.26. The molecule has 15 heavy (non-hydrogen) atoms. The lowest BCUT2D eigenvalue weighted by molar-refractivity contribution is -0.125. The number of benzene rings is 1. The summed E-state index contributed by atoms with van der Waals surface area (Å²) in [5, 5.41) is 2.90. The van der Waals surface area contributed by atoms with E-state index in [2.05, 4.69) is 5.32 Å². The van der Waals surface area contributed by atoms with E-state index in [4.69, 9.17) is 11.6 Å². The molecular formula is C10H11ClF3N. The molecule has 1 aromatic carbocycles. The summed E-state index contributed by atoms with van der Waals surface area (Å²) in [5.41, 5.74) is 1.60. The third-order valence-electron chi connectivity index (χ3n) is 2.02. The van der Waals surface area contributed by atoms with Crippen molar-refractivity contribution in [2.45, 2.75) is 19.6 Å². The van der Waals surface area contributed by atoms with E-state index in [1.807, 2.05) is 0 Å². The van der Waals surface area contributed by atoms with E-state index in [9.17, 15) is 13.2 Å². The Kier molecular flexibility index (Phi) is 3.99. The van der Waals surface area contributed by atoms with Gasteiger partial charge in [-0.3, -0.25) is 0 Å². The van der Waals surface area contributed by atoms with E-state index >= 15 is 0 Å². The van der Waals surface area contributed by atoms with Crippen molar-refractivity contribution in [2.75, 3.05) is 6.54 Å². The van der Waals surface area contributed by atoms with E-state index in [0.717, 1.165) is 11.1 Å². The van der Waals surface area contributed by atoms with Crippen molar-refractivity contribution in [3.8, 4) is 0 Å². The van der Waals surface area contributed by atoms with Gasteiger partial charge in [0.25, 0.3) is 0 Å². The van der Waals surface area contributed by atoms with Crippen molar-refractivity contribution in [2.24, 2.45) is 0 Å². The van der Waals surface area contributed by atoms with Gasteiger partial charge in [-0.25, -0.2) is 0 Å². The van der Waals surface area contributed by atoms with E-state index in [1.54, 1.807) is 25.1 Å². The van der Waals surface area contributed by atoms with E-state index in [0.29, 0.717) is 5.02 Å². The molecule has 0 aliphatic carbocycles. The fraction of sp³-hybridized carbons (Fsp3) is 0.400. The zero-order chi connectivity index (χ0) is 11.5. The lowest BCUT2D eigenvalue weighted by Crippen LogP contribution is -2.28. The highest BCUT2D eigenvalue weighted by Crippen LogP contribution is 2.19. The van der Waals surface area contributed by atoms with Crippen LogP contribution in [-0.4, -0.2) is 12.7 Å². The maximum atomic E-state index is 11.8. The molecule has 1 aromatic rings. The second kappa shape index (κ2) is 4.86. The minimum Gasteiger partial charge on any atom is -0.305 e. The summed E-state index contributed by atoms with van der Waals surface area (Å²) >= 11 is 5.83. The number of alkyl halides is 3. The van der Waals surface area contributed by atoms with Gasteiger partial charge in [0.15, 0.2) is 0 Å². The normalized spacial score (nSPS) is 11.8. The fourth-order valence-electron chi connectivity index (χ4n) is 1.18. The van der Waals surface area contributed by atoms with Crippen LogP contribution in [0, 0.1) is 6.92 Å². The number of nitrogens with one attached hydrogen (secondary N) is 1. The third kappa shape index (κ3) is 4.10. The maximum absolute atomic E-state index is 11.8. The van der Waals surface area contributed by atoms with Crippen LogP contribution in [0.5, 0.6) is 0 Å². The summed E-state index contributed by atoms with van der Waals surface area (Å²) in [6.07, 6.45) is -4.17. The molecule has 0 radical (unpaired) electrons. The molecule has 1 nitrogen and oxygen atoms in total. The Morgan fingerprint density at radius 1 is 1.33 bits per heavy atom. The molecule has 0 saturated carbocycles. The van der Waals surface area contributed by atoms with Crippen molar-refractivity contribution in [3.63, 3.8) is 0 Å². The highest BCUT2D eigenvalue weighted by molar-refractivity contribution is 6.31. The van der Waals surface area contributed by atoms with Gasteiger partial charge in [-0.15, -0.1) is 0 Å². The van der Waals surface area contributed by atoms with Crippen LogP contribution in [0.2, 0.25) is 5.02 Å². The maximum Gasteiger partial charge on any atom is 0.401 e. The first kappa shape index (κ1) is 12.3. The van der Waals surface area contributed by atoms with Gasteiger partial charge < -0.3 is 5.32 Å². The van der Waals surface area contributed by atoms with Crippen LogP contribution < -0.4 is 5.32 Å². The summed E-state index contributed by atoms with van der Waals surface area (Å²) < 4.78 is 35.5. The summed E-state index contributed by atoms with van der Waals surface area (Å²) in [5.74, 6) is 0. The van der Waals surface area contributed by atoms with Gasteiger partial charge in [0, 0.05) is 11.6 Å². The van der Waals surface area contributed by atoms with Crippen LogP contribution in [0.15, 0.2) is 18.2 Å². The molecule has 1 rings (SSSR count). The summed E-state index contributed by atoms with van der Waals surface area (Å²) in [4.78, 5) is 0. The molecule has 0 aliphatic heterocycles. The molecule has 5 heteroatoms. The molecule has 0 unspecified atom stereocenters. The molecule has 1 N–H and O–H groups in total. The Labute approximate surface area is 91.2 Å². The fourth-order valence-corrected chi connectivity index (χ4v) is 1.38. The topological polar surface area (TPSA) is 12.0 Å². The summed E-state index contributed by atoms with van der Waals surface area (Å²) in [6.45, 7) is 0.970. The zero-order valence-electron chi connectivity index (χ0n) is 8.16. The standard InChI is InChI=1S/C10H11ClF3N/c1-7-8(3-2-4-9(7)11)5-15-6-10(12,13)14/h2-4,15H,5-6H2,1H3. The van der Waals surface area contributed by atoms with Crippen LogP contribution in [0.4, 0.5) is 13.2 Å². The van der Waals surface area contributed by atoms with E-state index in [1.165, 1.54) is 0 Å². The molecular weight excluding hydrogens is 227 g/mol. The van der Waals surface area contributed by atoms with Crippen LogP contribution in [0.1, 0.15) is 11.1 Å². The monoisotopic (exact) mass is 237 g/mol. The van der Waals surface area contributed by atoms with Gasteiger partial charge in [-0.1, -0.05) is 23.7 Å². The van der Waals surface area contributed by atoms with Gasteiger partial charge in [-0.2, -0.15) is 13.2 Å². The van der Waals surface area contributed by atoms with Crippen molar-refractivity contribution in [1.29, 1.82) is 0 Å². The zero-order valence-corrected chi connectivity index (χ0v) is 8.91. The van der Waals surface area contributed by atoms with Crippen LogP contribution in [0.3, 0.4) is 0 Å². The third-order valence-corrected chi connectivity index (χ3v) is 2.43. The van der Waals surface area contributed by atoms with Crippen LogP contribution in [-0.2, 0) is 6.54 Å². The predicted molar refractivity (Wildman–Crippen MR) is 54.0 cm³/mol. The van der Waals surface area contributed by atoms with Crippen LogP contribution in [0.25, 0.3) is 0 Å². The quantitative estimate of drug-likeness (QED) is 0.851. The van der Waals surface area contributed by atoms with Gasteiger partial charge in [0.05, 0.1) is 6.54 Å². The van der Waals surface area contributed by atoms with Gasteiger partial charge in [0.2, 0.25) is 0 Å². The first-order valence-corrected chi connectivity index (χ1v) is 4.79. The molecule has 0 amide bonds. The molecule has 0 aliphatic rings. The Morgan fingerprint density at radius 3 is 2.60 bits per heavy atom. The van der Waals surface area contributed by atoms with Crippen molar-refractivity contribution >= 4 is 11.6 Å². The molecule has 0 spiro atoms. The van der Waals surface area contributed by atoms with E-state index in [-0.39, 0.29) is 6.54 Å². The predicted octanol–water partition coefficient (Wildman–Crippen LogP) is 3.30. The lowest BCUT2D eigenvalue weighted by Gasteiger charge is -2.10. The van der Waals surface area contributed by atoms with Gasteiger partial charge >= 0.3 is 6.18 Å². The first-order valence-electron chi connectivity index (χ1n) is 4.41. The minimum absolute atomic E-state index is 0.173. The van der Waals surface area contributed by atoms with E-state index < -0.39 is 12.7 Å². The number of hydrogen-bond acceptors (Lipinski definition) is 1. The van der Waals surface area contributed by atoms with Gasteiger partial charge in [-0.05, 0) is 24.1 Å². The Bertz CT molecular complexity index is 336.